The number of methoxy groups -OCH3 is 2. The van der Waals surface area contributed by atoms with E-state index in [1.807, 2.05) is 18.2 Å². The second-order valence-corrected chi connectivity index (χ2v) is 5.02. The molecule has 4 heteroatoms. The molecule has 0 fully saturated rings. The molecule has 0 radical (unpaired) electrons. The molecule has 1 aromatic rings. The first-order chi connectivity index (χ1) is 9.73. The van der Waals surface area contributed by atoms with Crippen molar-refractivity contribution in [2.24, 2.45) is 5.92 Å². The van der Waals surface area contributed by atoms with Crippen LogP contribution < -0.4 is 14.8 Å². The minimum absolute atomic E-state index is 0.263. The van der Waals surface area contributed by atoms with Crippen LogP contribution in [0.1, 0.15) is 31.7 Å². The van der Waals surface area contributed by atoms with Gasteiger partial charge in [-0.15, -0.1) is 0 Å². The van der Waals surface area contributed by atoms with Crippen LogP contribution in [0.25, 0.3) is 0 Å². The minimum Gasteiger partial charge on any atom is -0.497 e. The van der Waals surface area contributed by atoms with E-state index in [-0.39, 0.29) is 6.61 Å². The third-order valence-corrected chi connectivity index (χ3v) is 3.41. The Hall–Kier alpha value is -1.26. The number of aliphatic hydroxyl groups is 1. The van der Waals surface area contributed by atoms with Crippen molar-refractivity contribution >= 4 is 0 Å². The first-order valence-corrected chi connectivity index (χ1v) is 7.27. The van der Waals surface area contributed by atoms with Crippen molar-refractivity contribution in [2.45, 2.75) is 32.7 Å². The lowest BCUT2D eigenvalue weighted by atomic mass is 10.0. The average Bonchev–Trinajstić information content (AvgIpc) is 2.47. The number of ether oxygens (including phenoxy) is 2. The fraction of sp³-hybridized carbons (Fsp3) is 0.625. The molecule has 0 saturated carbocycles. The number of benzene rings is 1. The molecule has 0 saturated heterocycles. The van der Waals surface area contributed by atoms with Gasteiger partial charge in [0.1, 0.15) is 11.5 Å². The maximum absolute atomic E-state index is 9.06. The van der Waals surface area contributed by atoms with Crippen LogP contribution in [0.2, 0.25) is 0 Å². The zero-order valence-electron chi connectivity index (χ0n) is 12.8. The van der Waals surface area contributed by atoms with Crippen LogP contribution in [-0.2, 0) is 6.54 Å². The zero-order chi connectivity index (χ0) is 14.8. The molecule has 0 spiro atoms. The predicted octanol–water partition coefficient (Wildman–Crippen LogP) is 2.59. The number of aliphatic hydroxyl groups excluding tert-OH is 1. The molecular formula is C16H27NO3. The monoisotopic (exact) mass is 281 g/mol. The van der Waals surface area contributed by atoms with E-state index in [9.17, 15) is 0 Å². The Morgan fingerprint density at radius 3 is 2.25 bits per heavy atom. The lowest BCUT2D eigenvalue weighted by molar-refractivity contribution is 0.248. The van der Waals surface area contributed by atoms with Gasteiger partial charge in [-0.3, -0.25) is 0 Å². The molecule has 20 heavy (non-hydrogen) atoms. The SMILES string of the molecule is CCCC(CCO)CNCc1cc(OC)cc(OC)c1. The highest BCUT2D eigenvalue weighted by molar-refractivity contribution is 5.38. The highest BCUT2D eigenvalue weighted by Gasteiger charge is 2.07. The summed E-state index contributed by atoms with van der Waals surface area (Å²) in [5.41, 5.74) is 1.14. The van der Waals surface area contributed by atoms with Crippen molar-refractivity contribution in [1.29, 1.82) is 0 Å². The van der Waals surface area contributed by atoms with Gasteiger partial charge in [0.25, 0.3) is 0 Å². The van der Waals surface area contributed by atoms with E-state index < -0.39 is 0 Å². The van der Waals surface area contributed by atoms with Crippen LogP contribution in [0.3, 0.4) is 0 Å². The molecule has 0 heterocycles. The first kappa shape index (κ1) is 16.8. The van der Waals surface area contributed by atoms with Gasteiger partial charge in [-0.25, -0.2) is 0 Å². The Kier molecular flexibility index (Phi) is 8.07. The maximum Gasteiger partial charge on any atom is 0.122 e. The van der Waals surface area contributed by atoms with Crippen molar-refractivity contribution < 1.29 is 14.6 Å². The van der Waals surface area contributed by atoms with Crippen LogP contribution in [0.5, 0.6) is 11.5 Å². The van der Waals surface area contributed by atoms with Gasteiger partial charge in [0, 0.05) is 19.2 Å². The minimum atomic E-state index is 0.263. The van der Waals surface area contributed by atoms with Gasteiger partial charge in [0.15, 0.2) is 0 Å². The van der Waals surface area contributed by atoms with Crippen molar-refractivity contribution in [3.05, 3.63) is 23.8 Å². The predicted molar refractivity (Wildman–Crippen MR) is 81.4 cm³/mol. The van der Waals surface area contributed by atoms with Gasteiger partial charge in [-0.2, -0.15) is 0 Å². The summed E-state index contributed by atoms with van der Waals surface area (Å²) >= 11 is 0. The van der Waals surface area contributed by atoms with E-state index >= 15 is 0 Å². The molecule has 0 aliphatic heterocycles. The lowest BCUT2D eigenvalue weighted by Gasteiger charge is -2.16. The smallest absolute Gasteiger partial charge is 0.122 e. The number of nitrogens with one attached hydrogen (secondary N) is 1. The Balaban J connectivity index is 2.51. The summed E-state index contributed by atoms with van der Waals surface area (Å²) in [6, 6.07) is 5.89. The second kappa shape index (κ2) is 9.61. The normalized spacial score (nSPS) is 12.2. The third-order valence-electron chi connectivity index (χ3n) is 3.41. The summed E-state index contributed by atoms with van der Waals surface area (Å²) < 4.78 is 10.5. The maximum atomic E-state index is 9.06. The van der Waals surface area contributed by atoms with Crippen molar-refractivity contribution in [1.82, 2.24) is 5.32 Å². The molecule has 1 aromatic carbocycles. The van der Waals surface area contributed by atoms with Gasteiger partial charge in [0.05, 0.1) is 14.2 Å². The average molecular weight is 281 g/mol. The number of hydrogen-bond acceptors (Lipinski definition) is 4. The third kappa shape index (κ3) is 5.80. The molecule has 0 aliphatic carbocycles. The van der Waals surface area contributed by atoms with E-state index in [2.05, 4.69) is 12.2 Å². The standard InChI is InChI=1S/C16H27NO3/c1-4-5-13(6-7-18)11-17-12-14-8-15(19-2)10-16(9-14)20-3/h8-10,13,17-18H,4-7,11-12H2,1-3H3. The second-order valence-electron chi connectivity index (χ2n) is 5.02. The fourth-order valence-corrected chi connectivity index (χ4v) is 2.33. The first-order valence-electron chi connectivity index (χ1n) is 7.27. The Labute approximate surface area is 122 Å². The van der Waals surface area contributed by atoms with Crippen LogP contribution >= 0.6 is 0 Å². The molecule has 1 rings (SSSR count). The van der Waals surface area contributed by atoms with Gasteiger partial charge in [0.2, 0.25) is 0 Å². The molecule has 0 amide bonds. The molecule has 0 bridgehead atoms. The van der Waals surface area contributed by atoms with Crippen molar-refractivity contribution in [2.75, 3.05) is 27.4 Å². The largest absolute Gasteiger partial charge is 0.497 e. The quantitative estimate of drug-likeness (QED) is 0.692. The number of rotatable bonds is 10. The highest BCUT2D eigenvalue weighted by Crippen LogP contribution is 2.22. The van der Waals surface area contributed by atoms with Crippen molar-refractivity contribution in [3.8, 4) is 11.5 Å². The van der Waals surface area contributed by atoms with E-state index in [0.29, 0.717) is 5.92 Å². The summed E-state index contributed by atoms with van der Waals surface area (Å²) in [6.45, 7) is 4.14. The molecule has 0 aromatic heterocycles. The molecule has 1 unspecified atom stereocenters. The summed E-state index contributed by atoms with van der Waals surface area (Å²) in [6.07, 6.45) is 3.16. The molecule has 114 valence electrons. The van der Waals surface area contributed by atoms with Gasteiger partial charge >= 0.3 is 0 Å². The van der Waals surface area contributed by atoms with Crippen LogP contribution in [0.4, 0.5) is 0 Å². The van der Waals surface area contributed by atoms with Crippen LogP contribution in [-0.4, -0.2) is 32.5 Å². The van der Waals surface area contributed by atoms with E-state index in [0.717, 1.165) is 49.4 Å². The molecule has 2 N–H and O–H groups in total. The highest BCUT2D eigenvalue weighted by atomic mass is 16.5. The fourth-order valence-electron chi connectivity index (χ4n) is 2.33. The van der Waals surface area contributed by atoms with E-state index in [4.69, 9.17) is 14.6 Å². The van der Waals surface area contributed by atoms with Crippen LogP contribution in [0.15, 0.2) is 18.2 Å². The van der Waals surface area contributed by atoms with Gasteiger partial charge < -0.3 is 19.9 Å². The Bertz CT molecular complexity index is 354. The molecule has 1 atom stereocenters. The number of hydrogen-bond donors (Lipinski definition) is 2. The summed E-state index contributed by atoms with van der Waals surface area (Å²) in [5.74, 6) is 2.15. The van der Waals surface area contributed by atoms with Crippen LogP contribution in [0, 0.1) is 5.92 Å². The molecule has 4 nitrogen and oxygen atoms in total. The summed E-state index contributed by atoms with van der Waals surface area (Å²) in [4.78, 5) is 0. The zero-order valence-corrected chi connectivity index (χ0v) is 12.8. The van der Waals surface area contributed by atoms with Crippen molar-refractivity contribution in [3.63, 3.8) is 0 Å². The van der Waals surface area contributed by atoms with E-state index in [1.54, 1.807) is 14.2 Å². The topological polar surface area (TPSA) is 50.7 Å². The lowest BCUT2D eigenvalue weighted by Crippen LogP contribution is -2.23. The molecule has 0 aliphatic rings. The van der Waals surface area contributed by atoms with E-state index in [1.165, 1.54) is 0 Å². The van der Waals surface area contributed by atoms with Gasteiger partial charge in [-0.05, 0) is 43.0 Å². The Morgan fingerprint density at radius 2 is 1.75 bits per heavy atom. The van der Waals surface area contributed by atoms with Gasteiger partial charge in [-0.1, -0.05) is 13.3 Å². The summed E-state index contributed by atoms with van der Waals surface area (Å²) in [5, 5.41) is 12.5. The summed E-state index contributed by atoms with van der Waals surface area (Å²) in [7, 11) is 3.31. The molecular weight excluding hydrogens is 254 g/mol. The Morgan fingerprint density at radius 1 is 1.10 bits per heavy atom.